The van der Waals surface area contributed by atoms with E-state index in [-0.39, 0.29) is 35.6 Å². The van der Waals surface area contributed by atoms with Crippen molar-refractivity contribution in [2.45, 2.75) is 45.4 Å². The van der Waals surface area contributed by atoms with Crippen LogP contribution in [0.1, 0.15) is 45.4 Å². The van der Waals surface area contributed by atoms with E-state index >= 15 is 0 Å². The smallest absolute Gasteiger partial charge is 0.310 e. The molecule has 0 saturated heterocycles. The summed E-state index contributed by atoms with van der Waals surface area (Å²) in [6.07, 6.45) is 6.13. The fraction of sp³-hybridized carbons (Fsp3) is 0.867. The van der Waals surface area contributed by atoms with Gasteiger partial charge in [-0.2, -0.15) is 0 Å². The van der Waals surface area contributed by atoms with Gasteiger partial charge in [0.05, 0.1) is 13.0 Å². The number of hydrogen-bond acceptors (Lipinski definition) is 4. The molecule has 1 saturated carbocycles. The number of halogens is 1. The molecule has 1 aliphatic rings. The molecular weight excluding hydrogens is 292 g/mol. The van der Waals surface area contributed by atoms with Crippen LogP contribution < -0.4 is 5.73 Å². The highest BCUT2D eigenvalue weighted by Crippen LogP contribution is 2.38. The molecule has 0 heterocycles. The van der Waals surface area contributed by atoms with Gasteiger partial charge in [0.25, 0.3) is 0 Å². The van der Waals surface area contributed by atoms with Crippen LogP contribution in [0.2, 0.25) is 0 Å². The Balaban J connectivity index is 0.00000400. The van der Waals surface area contributed by atoms with Crippen molar-refractivity contribution in [3.05, 3.63) is 0 Å². The summed E-state index contributed by atoms with van der Waals surface area (Å²) < 4.78 is 4.69. The zero-order valence-electron chi connectivity index (χ0n) is 13.4. The molecule has 0 aliphatic heterocycles. The van der Waals surface area contributed by atoms with E-state index in [0.29, 0.717) is 19.5 Å². The van der Waals surface area contributed by atoms with Gasteiger partial charge >= 0.3 is 5.97 Å². The number of ether oxygens (including phenoxy) is 1. The number of hydrogen-bond donors (Lipinski definition) is 1. The number of nitrogens with two attached hydrogens (primary N) is 1. The van der Waals surface area contributed by atoms with E-state index in [0.717, 1.165) is 25.7 Å². The second-order valence-corrected chi connectivity index (χ2v) is 6.14. The molecule has 2 N–H and O–H groups in total. The highest BCUT2D eigenvalue weighted by Gasteiger charge is 2.34. The van der Waals surface area contributed by atoms with Crippen LogP contribution in [0.15, 0.2) is 0 Å². The summed E-state index contributed by atoms with van der Waals surface area (Å²) in [5.74, 6) is -0.502. The quantitative estimate of drug-likeness (QED) is 0.759. The maximum Gasteiger partial charge on any atom is 0.310 e. The topological polar surface area (TPSA) is 72.6 Å². The van der Waals surface area contributed by atoms with Crippen molar-refractivity contribution in [3.8, 4) is 0 Å². The molecule has 0 aromatic heterocycles. The Morgan fingerprint density at radius 2 is 1.86 bits per heavy atom. The molecule has 6 heteroatoms. The predicted octanol–water partition coefficient (Wildman–Crippen LogP) is 1.97. The second-order valence-electron chi connectivity index (χ2n) is 6.14. The van der Waals surface area contributed by atoms with E-state index in [1.165, 1.54) is 13.5 Å². The van der Waals surface area contributed by atoms with E-state index in [9.17, 15) is 9.59 Å². The van der Waals surface area contributed by atoms with Gasteiger partial charge in [-0.1, -0.05) is 26.2 Å². The number of carbonyl (C=O) groups excluding carboxylic acids is 2. The maximum absolute atomic E-state index is 12.3. The number of rotatable bonds is 6. The van der Waals surface area contributed by atoms with Gasteiger partial charge in [0.1, 0.15) is 0 Å². The summed E-state index contributed by atoms with van der Waals surface area (Å²) in [7, 11) is 3.11. The van der Waals surface area contributed by atoms with Gasteiger partial charge in [-0.25, -0.2) is 0 Å². The molecule has 1 aliphatic carbocycles. The summed E-state index contributed by atoms with van der Waals surface area (Å²) in [5.41, 5.74) is 5.88. The normalized spacial score (nSPS) is 18.3. The van der Waals surface area contributed by atoms with Gasteiger partial charge in [-0.15, -0.1) is 12.4 Å². The molecule has 1 rings (SSSR count). The molecule has 1 fully saturated rings. The van der Waals surface area contributed by atoms with Crippen LogP contribution in [0.4, 0.5) is 0 Å². The van der Waals surface area contributed by atoms with Crippen molar-refractivity contribution in [2.24, 2.45) is 17.1 Å². The molecule has 124 valence electrons. The van der Waals surface area contributed by atoms with E-state index < -0.39 is 0 Å². The Hall–Kier alpha value is -0.810. The summed E-state index contributed by atoms with van der Waals surface area (Å²) >= 11 is 0. The van der Waals surface area contributed by atoms with Gasteiger partial charge in [-0.05, 0) is 24.8 Å². The minimum atomic E-state index is -0.297. The lowest BCUT2D eigenvalue weighted by atomic mass is 9.71. The Morgan fingerprint density at radius 3 is 2.33 bits per heavy atom. The van der Waals surface area contributed by atoms with Crippen molar-refractivity contribution >= 4 is 24.3 Å². The predicted molar refractivity (Wildman–Crippen MR) is 85.3 cm³/mol. The van der Waals surface area contributed by atoms with Gasteiger partial charge in [0.15, 0.2) is 0 Å². The second kappa shape index (κ2) is 9.26. The summed E-state index contributed by atoms with van der Waals surface area (Å²) in [4.78, 5) is 25.4. The van der Waals surface area contributed by atoms with E-state index in [4.69, 9.17) is 5.73 Å². The molecule has 1 unspecified atom stereocenters. The van der Waals surface area contributed by atoms with Crippen LogP contribution in [0, 0.1) is 11.3 Å². The maximum atomic E-state index is 12.3. The molecule has 0 aromatic rings. The van der Waals surface area contributed by atoms with Crippen molar-refractivity contribution in [1.82, 2.24) is 4.90 Å². The van der Waals surface area contributed by atoms with Gasteiger partial charge in [-0.3, -0.25) is 9.59 Å². The summed E-state index contributed by atoms with van der Waals surface area (Å²) in [6, 6.07) is 0. The first-order valence-corrected chi connectivity index (χ1v) is 7.46. The molecular formula is C15H29ClN2O3. The fourth-order valence-electron chi connectivity index (χ4n) is 3.00. The SMILES string of the molecule is COC(=O)C(C)CN(C)C(=O)CC1(CN)CCCCC1.Cl. The van der Waals surface area contributed by atoms with Crippen LogP contribution in [0.25, 0.3) is 0 Å². The Bertz CT molecular complexity index is 344. The largest absolute Gasteiger partial charge is 0.469 e. The first-order chi connectivity index (χ1) is 9.44. The van der Waals surface area contributed by atoms with Gasteiger partial charge < -0.3 is 15.4 Å². The lowest BCUT2D eigenvalue weighted by molar-refractivity contribution is -0.146. The molecule has 1 amide bonds. The first-order valence-electron chi connectivity index (χ1n) is 7.46. The molecule has 0 spiro atoms. The van der Waals surface area contributed by atoms with E-state index in [1.54, 1.807) is 18.9 Å². The van der Waals surface area contributed by atoms with Crippen LogP contribution in [0.3, 0.4) is 0 Å². The number of esters is 1. The van der Waals surface area contributed by atoms with Crippen LogP contribution in [0.5, 0.6) is 0 Å². The third-order valence-electron chi connectivity index (χ3n) is 4.45. The average molecular weight is 321 g/mol. The Labute approximate surface area is 134 Å². The standard InChI is InChI=1S/C15H28N2O3.ClH/c1-12(14(19)20-3)10-17(2)13(18)9-15(11-16)7-5-4-6-8-15;/h12H,4-11,16H2,1-3H3;1H. The van der Waals surface area contributed by atoms with E-state index in [1.807, 2.05) is 0 Å². The molecule has 0 aromatic carbocycles. The van der Waals surface area contributed by atoms with Gasteiger partial charge in [0, 0.05) is 20.0 Å². The van der Waals surface area contributed by atoms with Crippen LogP contribution in [-0.2, 0) is 14.3 Å². The minimum absolute atomic E-state index is 0. The van der Waals surface area contributed by atoms with E-state index in [2.05, 4.69) is 4.74 Å². The highest BCUT2D eigenvalue weighted by atomic mass is 35.5. The lowest BCUT2D eigenvalue weighted by Crippen LogP contribution is -2.41. The first kappa shape index (κ1) is 20.2. The van der Waals surface area contributed by atoms with Crippen molar-refractivity contribution in [3.63, 3.8) is 0 Å². The summed E-state index contributed by atoms with van der Waals surface area (Å²) in [5, 5.41) is 0. The Morgan fingerprint density at radius 1 is 1.29 bits per heavy atom. The zero-order valence-corrected chi connectivity index (χ0v) is 14.2. The Kier molecular flexibility index (Phi) is 8.90. The number of amides is 1. The van der Waals surface area contributed by atoms with Gasteiger partial charge in [0.2, 0.25) is 5.91 Å². The number of methoxy groups -OCH3 is 1. The zero-order chi connectivity index (χ0) is 15.2. The monoisotopic (exact) mass is 320 g/mol. The molecule has 21 heavy (non-hydrogen) atoms. The molecule has 0 radical (unpaired) electrons. The third-order valence-corrected chi connectivity index (χ3v) is 4.45. The molecule has 0 bridgehead atoms. The third kappa shape index (κ3) is 5.83. The van der Waals surface area contributed by atoms with Crippen molar-refractivity contribution in [2.75, 3.05) is 27.2 Å². The molecule has 1 atom stereocenters. The minimum Gasteiger partial charge on any atom is -0.469 e. The van der Waals surface area contributed by atoms with Crippen molar-refractivity contribution < 1.29 is 14.3 Å². The van der Waals surface area contributed by atoms with Crippen molar-refractivity contribution in [1.29, 1.82) is 0 Å². The highest BCUT2D eigenvalue weighted by molar-refractivity contribution is 5.85. The fourth-order valence-corrected chi connectivity index (χ4v) is 3.00. The van der Waals surface area contributed by atoms with Crippen LogP contribution in [-0.4, -0.2) is 44.0 Å². The average Bonchev–Trinajstić information content (AvgIpc) is 2.47. The molecule has 5 nitrogen and oxygen atoms in total. The summed E-state index contributed by atoms with van der Waals surface area (Å²) in [6.45, 7) is 2.74. The lowest BCUT2D eigenvalue weighted by Gasteiger charge is -2.37. The van der Waals surface area contributed by atoms with Crippen LogP contribution >= 0.6 is 12.4 Å². The number of carbonyl (C=O) groups is 2. The number of nitrogens with zero attached hydrogens (tertiary/aromatic N) is 1.